The standard InChI is InChI=1S/C30H31F3N2O3S/c1-36-20-28(25-11-15-27(16-12-25)37-21-29(39)35-17-3-2-4-18-35)34-38-19-22-5-7-23(8-6-22)24-9-13-26(14-10-24)30(31,32)33/h5-16H,2-4,17-21H2,1H3/b34-28-. The maximum Gasteiger partial charge on any atom is 0.416 e. The van der Waals surface area contributed by atoms with E-state index in [9.17, 15) is 13.2 Å². The third-order valence-electron chi connectivity index (χ3n) is 6.45. The normalized spacial score (nSPS) is 14.3. The number of alkyl halides is 3. The summed E-state index contributed by atoms with van der Waals surface area (Å²) in [7, 11) is 1.59. The maximum atomic E-state index is 12.8. The van der Waals surface area contributed by atoms with E-state index in [0.29, 0.717) is 17.9 Å². The lowest BCUT2D eigenvalue weighted by Crippen LogP contribution is -2.37. The highest BCUT2D eigenvalue weighted by Gasteiger charge is 2.29. The van der Waals surface area contributed by atoms with Crippen molar-refractivity contribution in [2.75, 3.05) is 33.4 Å². The molecule has 9 heteroatoms. The van der Waals surface area contributed by atoms with Crippen molar-refractivity contribution in [1.82, 2.24) is 4.90 Å². The number of rotatable bonds is 10. The van der Waals surface area contributed by atoms with Gasteiger partial charge in [0.05, 0.1) is 12.2 Å². The minimum Gasteiger partial charge on any atom is -0.486 e. The van der Waals surface area contributed by atoms with E-state index in [1.54, 1.807) is 7.11 Å². The number of methoxy groups -OCH3 is 1. The molecule has 0 amide bonds. The zero-order chi connectivity index (χ0) is 27.7. The summed E-state index contributed by atoms with van der Waals surface area (Å²) < 4.78 is 49.6. The van der Waals surface area contributed by atoms with Crippen LogP contribution in [-0.2, 0) is 22.4 Å². The highest BCUT2D eigenvalue weighted by Crippen LogP contribution is 2.31. The fourth-order valence-electron chi connectivity index (χ4n) is 4.25. The second kappa shape index (κ2) is 13.6. The number of hydrogen-bond acceptors (Lipinski definition) is 5. The average Bonchev–Trinajstić information content (AvgIpc) is 2.96. The maximum absolute atomic E-state index is 12.8. The fraction of sp³-hybridized carbons (Fsp3) is 0.333. The monoisotopic (exact) mass is 556 g/mol. The lowest BCUT2D eigenvalue weighted by molar-refractivity contribution is -0.137. The zero-order valence-electron chi connectivity index (χ0n) is 21.7. The molecule has 1 fully saturated rings. The molecular formula is C30H31F3N2O3S. The van der Waals surface area contributed by atoms with Gasteiger partial charge in [0.15, 0.2) is 0 Å². The molecule has 0 unspecified atom stereocenters. The highest BCUT2D eigenvalue weighted by atomic mass is 32.1. The lowest BCUT2D eigenvalue weighted by atomic mass is 10.0. The Hall–Kier alpha value is -3.43. The smallest absolute Gasteiger partial charge is 0.416 e. The van der Waals surface area contributed by atoms with Crippen LogP contribution in [0.1, 0.15) is 36.0 Å². The van der Waals surface area contributed by atoms with Crippen molar-refractivity contribution in [3.05, 3.63) is 89.5 Å². The number of piperidine rings is 1. The van der Waals surface area contributed by atoms with Gasteiger partial charge < -0.3 is 19.2 Å². The first kappa shape index (κ1) is 28.6. The largest absolute Gasteiger partial charge is 0.486 e. The summed E-state index contributed by atoms with van der Waals surface area (Å²) in [5.41, 5.74) is 3.21. The van der Waals surface area contributed by atoms with E-state index < -0.39 is 11.7 Å². The van der Waals surface area contributed by atoms with Gasteiger partial charge in [0, 0.05) is 25.8 Å². The Balaban J connectivity index is 1.31. The molecule has 206 valence electrons. The van der Waals surface area contributed by atoms with Gasteiger partial charge in [-0.2, -0.15) is 13.2 Å². The first-order valence-corrected chi connectivity index (χ1v) is 13.2. The Morgan fingerprint density at radius 3 is 2.05 bits per heavy atom. The molecule has 4 rings (SSSR count). The van der Waals surface area contributed by atoms with Gasteiger partial charge in [-0.25, -0.2) is 0 Å². The summed E-state index contributed by atoms with van der Waals surface area (Å²) in [6.45, 7) is 2.89. The number of benzene rings is 3. The molecule has 0 spiro atoms. The number of halogens is 3. The highest BCUT2D eigenvalue weighted by molar-refractivity contribution is 7.80. The molecule has 0 saturated carbocycles. The number of likely N-dealkylation sites (tertiary alicyclic amines) is 1. The minimum atomic E-state index is -4.35. The molecule has 1 saturated heterocycles. The van der Waals surface area contributed by atoms with E-state index in [0.717, 1.165) is 52.7 Å². The van der Waals surface area contributed by atoms with Crippen molar-refractivity contribution in [3.63, 3.8) is 0 Å². The van der Waals surface area contributed by atoms with Gasteiger partial charge in [0.25, 0.3) is 0 Å². The molecule has 0 N–H and O–H groups in total. The van der Waals surface area contributed by atoms with E-state index in [-0.39, 0.29) is 13.2 Å². The van der Waals surface area contributed by atoms with Crippen LogP contribution in [0.2, 0.25) is 0 Å². The van der Waals surface area contributed by atoms with Crippen LogP contribution >= 0.6 is 12.2 Å². The Labute approximate surface area is 232 Å². The number of ether oxygens (including phenoxy) is 2. The van der Waals surface area contributed by atoms with Gasteiger partial charge in [-0.05, 0) is 72.4 Å². The van der Waals surface area contributed by atoms with Crippen LogP contribution in [0.25, 0.3) is 11.1 Å². The third kappa shape index (κ3) is 8.28. The van der Waals surface area contributed by atoms with E-state index >= 15 is 0 Å². The van der Waals surface area contributed by atoms with Gasteiger partial charge in [0.1, 0.15) is 29.7 Å². The molecule has 0 aromatic heterocycles. The van der Waals surface area contributed by atoms with Crippen LogP contribution in [-0.4, -0.2) is 49.0 Å². The Morgan fingerprint density at radius 2 is 1.46 bits per heavy atom. The Kier molecular flexibility index (Phi) is 9.95. The third-order valence-corrected chi connectivity index (χ3v) is 6.82. The summed E-state index contributed by atoms with van der Waals surface area (Å²) in [5, 5.41) is 4.27. The number of thiocarbonyl (C=S) groups is 1. The Morgan fingerprint density at radius 1 is 0.846 bits per heavy atom. The van der Waals surface area contributed by atoms with Gasteiger partial charge in [-0.1, -0.05) is 53.8 Å². The molecule has 1 aliphatic heterocycles. The average molecular weight is 557 g/mol. The summed E-state index contributed by atoms with van der Waals surface area (Å²) in [5.74, 6) is 0.726. The van der Waals surface area contributed by atoms with Crippen molar-refractivity contribution in [3.8, 4) is 16.9 Å². The second-order valence-corrected chi connectivity index (χ2v) is 9.74. The first-order chi connectivity index (χ1) is 18.8. The number of oxime groups is 1. The quantitative estimate of drug-likeness (QED) is 0.151. The van der Waals surface area contributed by atoms with E-state index in [4.69, 9.17) is 26.5 Å². The van der Waals surface area contributed by atoms with Crippen LogP contribution in [0.5, 0.6) is 5.75 Å². The van der Waals surface area contributed by atoms with Crippen molar-refractivity contribution in [1.29, 1.82) is 0 Å². The summed E-state index contributed by atoms with van der Waals surface area (Å²) in [6, 6.07) is 20.1. The van der Waals surface area contributed by atoms with Crippen molar-refractivity contribution >= 4 is 22.9 Å². The molecule has 0 atom stereocenters. The van der Waals surface area contributed by atoms with Crippen molar-refractivity contribution in [2.24, 2.45) is 5.16 Å². The molecule has 1 aliphatic rings. The summed E-state index contributed by atoms with van der Waals surface area (Å²) in [4.78, 5) is 8.65. The molecule has 5 nitrogen and oxygen atoms in total. The second-order valence-electron chi connectivity index (χ2n) is 9.27. The minimum absolute atomic E-state index is 0.232. The van der Waals surface area contributed by atoms with Gasteiger partial charge in [0.2, 0.25) is 0 Å². The van der Waals surface area contributed by atoms with Crippen LogP contribution in [0.15, 0.2) is 78.0 Å². The molecule has 1 heterocycles. The molecule has 0 aliphatic carbocycles. The van der Waals surface area contributed by atoms with Gasteiger partial charge in [-0.15, -0.1) is 0 Å². The Bertz CT molecular complexity index is 1240. The van der Waals surface area contributed by atoms with Crippen LogP contribution in [0.3, 0.4) is 0 Å². The van der Waals surface area contributed by atoms with Crippen molar-refractivity contribution in [2.45, 2.75) is 32.0 Å². The van der Waals surface area contributed by atoms with Crippen LogP contribution < -0.4 is 4.74 Å². The molecule has 3 aromatic carbocycles. The molecular weight excluding hydrogens is 525 g/mol. The van der Waals surface area contributed by atoms with Crippen molar-refractivity contribution < 1.29 is 27.5 Å². The lowest BCUT2D eigenvalue weighted by Gasteiger charge is -2.28. The van der Waals surface area contributed by atoms with E-state index in [1.807, 2.05) is 48.5 Å². The molecule has 0 bridgehead atoms. The van der Waals surface area contributed by atoms with Gasteiger partial charge in [-0.3, -0.25) is 0 Å². The topological polar surface area (TPSA) is 43.3 Å². The van der Waals surface area contributed by atoms with Crippen LogP contribution in [0, 0.1) is 0 Å². The summed E-state index contributed by atoms with van der Waals surface area (Å²) in [6.07, 6.45) is -0.744. The molecule has 3 aromatic rings. The number of nitrogens with zero attached hydrogens (tertiary/aromatic N) is 2. The zero-order valence-corrected chi connectivity index (χ0v) is 22.6. The van der Waals surface area contributed by atoms with Gasteiger partial charge >= 0.3 is 6.18 Å². The predicted octanol–water partition coefficient (Wildman–Crippen LogP) is 7.13. The van der Waals surface area contributed by atoms with Crippen LogP contribution in [0.4, 0.5) is 13.2 Å². The fourth-order valence-corrected chi connectivity index (χ4v) is 4.49. The first-order valence-electron chi connectivity index (χ1n) is 12.8. The van der Waals surface area contributed by atoms with E-state index in [1.165, 1.54) is 31.4 Å². The summed E-state index contributed by atoms with van der Waals surface area (Å²) >= 11 is 5.52. The molecule has 39 heavy (non-hydrogen) atoms. The SMILES string of the molecule is COC/C(=N/OCc1ccc(-c2ccc(C(F)(F)F)cc2)cc1)c1ccc(OCC(=S)N2CCCCC2)cc1. The van der Waals surface area contributed by atoms with E-state index in [2.05, 4.69) is 10.1 Å². The number of hydrogen-bond donors (Lipinski definition) is 0. The predicted molar refractivity (Wildman–Crippen MR) is 150 cm³/mol. The molecule has 0 radical (unpaired) electrons.